The van der Waals surface area contributed by atoms with E-state index in [9.17, 15) is 0 Å². The van der Waals surface area contributed by atoms with Gasteiger partial charge in [0.1, 0.15) is 0 Å². The van der Waals surface area contributed by atoms with Gasteiger partial charge in [-0.25, -0.2) is 0 Å². The zero-order valence-electron chi connectivity index (χ0n) is 11.0. The second kappa shape index (κ2) is 7.56. The molecular weight excluding hydrogens is 306 g/mol. The standard InChI is InChI=1S/C15H22BrNS/c1-17-14(11-18-15-4-2-3-5-15)10-12-6-8-13(16)9-7-12/h6-9,14-15,17H,2-5,10-11H2,1H3. The van der Waals surface area contributed by atoms with Crippen LogP contribution in [0.5, 0.6) is 0 Å². The average Bonchev–Trinajstić information content (AvgIpc) is 2.90. The summed E-state index contributed by atoms with van der Waals surface area (Å²) >= 11 is 5.65. The van der Waals surface area contributed by atoms with Crippen molar-refractivity contribution in [2.24, 2.45) is 0 Å². The Balaban J connectivity index is 1.79. The van der Waals surface area contributed by atoms with E-state index in [2.05, 4.69) is 64.3 Å². The topological polar surface area (TPSA) is 12.0 Å². The van der Waals surface area contributed by atoms with Gasteiger partial charge in [0.15, 0.2) is 0 Å². The predicted molar refractivity (Wildman–Crippen MR) is 85.4 cm³/mol. The van der Waals surface area contributed by atoms with Crippen molar-refractivity contribution in [3.05, 3.63) is 34.3 Å². The largest absolute Gasteiger partial charge is 0.316 e. The maximum absolute atomic E-state index is 3.48. The van der Waals surface area contributed by atoms with Crippen molar-refractivity contribution >= 4 is 27.7 Å². The molecule has 1 N–H and O–H groups in total. The summed E-state index contributed by atoms with van der Waals surface area (Å²) in [6.07, 6.45) is 6.87. The lowest BCUT2D eigenvalue weighted by atomic mass is 10.1. The number of hydrogen-bond acceptors (Lipinski definition) is 2. The molecule has 2 rings (SSSR count). The van der Waals surface area contributed by atoms with Gasteiger partial charge in [0.05, 0.1) is 0 Å². The van der Waals surface area contributed by atoms with Crippen LogP contribution in [0.15, 0.2) is 28.7 Å². The molecule has 18 heavy (non-hydrogen) atoms. The maximum Gasteiger partial charge on any atom is 0.0195 e. The van der Waals surface area contributed by atoms with Gasteiger partial charge in [-0.1, -0.05) is 40.9 Å². The van der Waals surface area contributed by atoms with Crippen molar-refractivity contribution in [3.63, 3.8) is 0 Å². The van der Waals surface area contributed by atoms with Crippen LogP contribution in [0.25, 0.3) is 0 Å². The lowest BCUT2D eigenvalue weighted by molar-refractivity contribution is 0.616. The molecule has 1 aromatic rings. The molecule has 1 fully saturated rings. The van der Waals surface area contributed by atoms with Crippen LogP contribution in [0, 0.1) is 0 Å². The Kier molecular flexibility index (Phi) is 6.06. The smallest absolute Gasteiger partial charge is 0.0195 e. The molecule has 0 saturated heterocycles. The summed E-state index contributed by atoms with van der Waals surface area (Å²) in [5.41, 5.74) is 1.42. The summed E-state index contributed by atoms with van der Waals surface area (Å²) in [7, 11) is 2.08. The second-order valence-corrected chi connectivity index (χ2v) is 7.30. The third-order valence-corrected chi connectivity index (χ3v) is 5.71. The number of benzene rings is 1. The summed E-state index contributed by atoms with van der Waals surface area (Å²) in [5, 5.41) is 4.38. The van der Waals surface area contributed by atoms with E-state index in [1.54, 1.807) is 0 Å². The second-order valence-electron chi connectivity index (χ2n) is 5.06. The number of halogens is 1. The summed E-state index contributed by atoms with van der Waals surface area (Å²) in [6, 6.07) is 9.29. The Labute approximate surface area is 123 Å². The number of rotatable bonds is 6. The van der Waals surface area contributed by atoms with Crippen LogP contribution in [0.4, 0.5) is 0 Å². The first-order valence-corrected chi connectivity index (χ1v) is 8.65. The van der Waals surface area contributed by atoms with Gasteiger partial charge in [0.2, 0.25) is 0 Å². The fourth-order valence-corrected chi connectivity index (χ4v) is 4.18. The normalized spacial score (nSPS) is 18.1. The van der Waals surface area contributed by atoms with Gasteiger partial charge in [-0.15, -0.1) is 0 Å². The predicted octanol–water partition coefficient (Wildman–Crippen LogP) is 4.26. The maximum atomic E-state index is 3.48. The molecule has 3 heteroatoms. The Morgan fingerprint density at radius 2 is 1.94 bits per heavy atom. The molecule has 0 radical (unpaired) electrons. The molecule has 0 aromatic heterocycles. The van der Waals surface area contributed by atoms with Crippen molar-refractivity contribution in [3.8, 4) is 0 Å². The first-order chi connectivity index (χ1) is 8.78. The van der Waals surface area contributed by atoms with Crippen LogP contribution in [-0.4, -0.2) is 24.1 Å². The lowest BCUT2D eigenvalue weighted by Crippen LogP contribution is -2.30. The minimum absolute atomic E-state index is 0.594. The van der Waals surface area contributed by atoms with Crippen molar-refractivity contribution < 1.29 is 0 Å². The Bertz CT molecular complexity index is 346. The molecule has 0 heterocycles. The minimum atomic E-state index is 0.594. The van der Waals surface area contributed by atoms with E-state index in [0.717, 1.165) is 16.1 Å². The van der Waals surface area contributed by atoms with Gasteiger partial charge in [0, 0.05) is 21.5 Å². The zero-order valence-corrected chi connectivity index (χ0v) is 13.4. The first-order valence-electron chi connectivity index (χ1n) is 6.81. The van der Waals surface area contributed by atoms with E-state index in [4.69, 9.17) is 0 Å². The van der Waals surface area contributed by atoms with Crippen molar-refractivity contribution in [2.75, 3.05) is 12.8 Å². The lowest BCUT2D eigenvalue weighted by Gasteiger charge is -2.18. The zero-order chi connectivity index (χ0) is 12.8. The van der Waals surface area contributed by atoms with E-state index >= 15 is 0 Å². The highest BCUT2D eigenvalue weighted by molar-refractivity contribution is 9.10. The van der Waals surface area contributed by atoms with Gasteiger partial charge in [-0.3, -0.25) is 0 Å². The molecule has 0 spiro atoms. The van der Waals surface area contributed by atoms with E-state index in [0.29, 0.717) is 6.04 Å². The molecule has 1 aliphatic rings. The molecule has 0 amide bonds. The number of thioether (sulfide) groups is 1. The van der Waals surface area contributed by atoms with Crippen LogP contribution < -0.4 is 5.32 Å². The number of hydrogen-bond donors (Lipinski definition) is 1. The van der Waals surface area contributed by atoms with Crippen LogP contribution >= 0.6 is 27.7 Å². The summed E-state index contributed by atoms with van der Waals surface area (Å²) in [6.45, 7) is 0. The highest BCUT2D eigenvalue weighted by Gasteiger charge is 2.17. The van der Waals surface area contributed by atoms with Gasteiger partial charge >= 0.3 is 0 Å². The van der Waals surface area contributed by atoms with Crippen molar-refractivity contribution in [1.82, 2.24) is 5.32 Å². The minimum Gasteiger partial charge on any atom is -0.316 e. The fraction of sp³-hybridized carbons (Fsp3) is 0.600. The molecular formula is C15H22BrNS. The van der Waals surface area contributed by atoms with Crippen LogP contribution in [-0.2, 0) is 6.42 Å². The van der Waals surface area contributed by atoms with E-state index in [-0.39, 0.29) is 0 Å². The first kappa shape index (κ1) is 14.4. The summed E-state index contributed by atoms with van der Waals surface area (Å²) in [5.74, 6) is 1.23. The van der Waals surface area contributed by atoms with Gasteiger partial charge < -0.3 is 5.32 Å². The fourth-order valence-electron chi connectivity index (χ4n) is 2.46. The van der Waals surface area contributed by atoms with Gasteiger partial charge in [0.25, 0.3) is 0 Å². The van der Waals surface area contributed by atoms with Crippen molar-refractivity contribution in [1.29, 1.82) is 0 Å². The molecule has 1 unspecified atom stereocenters. The summed E-state index contributed by atoms with van der Waals surface area (Å²) < 4.78 is 1.16. The third kappa shape index (κ3) is 4.60. The molecule has 0 bridgehead atoms. The highest BCUT2D eigenvalue weighted by atomic mass is 79.9. The molecule has 1 aromatic carbocycles. The molecule has 1 aliphatic carbocycles. The van der Waals surface area contributed by atoms with Crippen LogP contribution in [0.1, 0.15) is 31.2 Å². The van der Waals surface area contributed by atoms with E-state index < -0.39 is 0 Å². The Morgan fingerprint density at radius 1 is 1.28 bits per heavy atom. The Morgan fingerprint density at radius 3 is 2.56 bits per heavy atom. The average molecular weight is 328 g/mol. The monoisotopic (exact) mass is 327 g/mol. The number of nitrogens with one attached hydrogen (secondary N) is 1. The van der Waals surface area contributed by atoms with Crippen LogP contribution in [0.2, 0.25) is 0 Å². The molecule has 0 aliphatic heterocycles. The molecule has 1 nitrogen and oxygen atoms in total. The molecule has 1 saturated carbocycles. The van der Waals surface area contributed by atoms with Gasteiger partial charge in [-0.2, -0.15) is 11.8 Å². The summed E-state index contributed by atoms with van der Waals surface area (Å²) in [4.78, 5) is 0. The quantitative estimate of drug-likeness (QED) is 0.838. The van der Waals surface area contributed by atoms with E-state index in [1.165, 1.54) is 37.0 Å². The molecule has 100 valence electrons. The third-order valence-electron chi connectivity index (χ3n) is 3.64. The Hall–Kier alpha value is 0.01000. The van der Waals surface area contributed by atoms with Crippen LogP contribution in [0.3, 0.4) is 0 Å². The number of likely N-dealkylation sites (N-methyl/N-ethyl adjacent to an activating group) is 1. The highest BCUT2D eigenvalue weighted by Crippen LogP contribution is 2.30. The van der Waals surface area contributed by atoms with Crippen molar-refractivity contribution in [2.45, 2.75) is 43.4 Å². The SMILES string of the molecule is CNC(CSC1CCCC1)Cc1ccc(Br)cc1. The van der Waals surface area contributed by atoms with Gasteiger partial charge in [-0.05, 0) is 44.0 Å². The van der Waals surface area contributed by atoms with E-state index in [1.807, 2.05) is 0 Å². The molecule has 1 atom stereocenters.